The van der Waals surface area contributed by atoms with Crippen LogP contribution in [0.15, 0.2) is 24.3 Å². The molecule has 0 aliphatic carbocycles. The number of likely N-dealkylation sites (N-methyl/N-ethyl adjacent to an activating group) is 2. The standard InChI is InChI=1S/C18H32N4O2/c1-18(2,3)24-17(23)20-16(13-19)14-7-9-15(10-8-14)22(6)12-11-21(4)5/h7-10,16H,11-13,19H2,1-6H3,(H,20,23). The number of anilines is 1. The first-order chi connectivity index (χ1) is 11.1. The first-order valence-electron chi connectivity index (χ1n) is 8.28. The van der Waals surface area contributed by atoms with Crippen LogP contribution in [0, 0.1) is 0 Å². The van der Waals surface area contributed by atoms with Crippen molar-refractivity contribution < 1.29 is 9.53 Å². The maximum Gasteiger partial charge on any atom is 0.408 e. The van der Waals surface area contributed by atoms with Crippen molar-refractivity contribution in [3.8, 4) is 0 Å². The molecule has 3 N–H and O–H groups in total. The number of nitrogens with zero attached hydrogens (tertiary/aromatic N) is 2. The first kappa shape index (κ1) is 20.3. The van der Waals surface area contributed by atoms with Crippen molar-refractivity contribution in [2.45, 2.75) is 32.4 Å². The van der Waals surface area contributed by atoms with Crippen LogP contribution in [0.4, 0.5) is 10.5 Å². The van der Waals surface area contributed by atoms with Crippen LogP contribution in [0.5, 0.6) is 0 Å². The summed E-state index contributed by atoms with van der Waals surface area (Å²) in [6.07, 6.45) is -0.454. The summed E-state index contributed by atoms with van der Waals surface area (Å²) in [6.45, 7) is 7.76. The molecule has 6 nitrogen and oxygen atoms in total. The van der Waals surface area contributed by atoms with E-state index < -0.39 is 11.7 Å². The largest absolute Gasteiger partial charge is 0.444 e. The molecule has 0 aliphatic rings. The Balaban J connectivity index is 2.69. The second kappa shape index (κ2) is 8.89. The second-order valence-electron chi connectivity index (χ2n) is 7.25. The lowest BCUT2D eigenvalue weighted by atomic mass is 10.1. The number of benzene rings is 1. The van der Waals surface area contributed by atoms with Crippen molar-refractivity contribution in [3.05, 3.63) is 29.8 Å². The molecule has 1 aromatic rings. The van der Waals surface area contributed by atoms with Crippen molar-refractivity contribution in [1.29, 1.82) is 0 Å². The minimum absolute atomic E-state index is 0.263. The SMILES string of the molecule is CN(C)CCN(C)c1ccc(C(CN)NC(=O)OC(C)(C)C)cc1. The molecule has 1 rings (SSSR count). The van der Waals surface area contributed by atoms with Gasteiger partial charge in [-0.1, -0.05) is 12.1 Å². The third kappa shape index (κ3) is 7.19. The van der Waals surface area contributed by atoms with E-state index in [1.54, 1.807) is 0 Å². The summed E-state index contributed by atoms with van der Waals surface area (Å²) in [5.74, 6) is 0. The van der Waals surface area contributed by atoms with Gasteiger partial charge in [0.15, 0.2) is 0 Å². The van der Waals surface area contributed by atoms with Crippen molar-refractivity contribution >= 4 is 11.8 Å². The molecule has 0 aromatic heterocycles. The van der Waals surface area contributed by atoms with Crippen LogP contribution in [-0.4, -0.2) is 57.4 Å². The lowest BCUT2D eigenvalue weighted by Crippen LogP contribution is -2.37. The number of ether oxygens (including phenoxy) is 1. The molecular formula is C18H32N4O2. The molecule has 0 saturated heterocycles. The van der Waals surface area contributed by atoms with Crippen LogP contribution < -0.4 is 16.0 Å². The van der Waals surface area contributed by atoms with E-state index in [-0.39, 0.29) is 6.04 Å². The molecule has 0 aliphatic heterocycles. The molecule has 0 heterocycles. The smallest absolute Gasteiger partial charge is 0.408 e. The zero-order valence-corrected chi connectivity index (χ0v) is 15.8. The van der Waals surface area contributed by atoms with E-state index in [1.165, 1.54) is 0 Å². The fraction of sp³-hybridized carbons (Fsp3) is 0.611. The fourth-order valence-corrected chi connectivity index (χ4v) is 2.17. The van der Waals surface area contributed by atoms with Crippen LogP contribution in [0.3, 0.4) is 0 Å². The molecule has 6 heteroatoms. The highest BCUT2D eigenvalue weighted by Crippen LogP contribution is 2.19. The highest BCUT2D eigenvalue weighted by Gasteiger charge is 2.19. The lowest BCUT2D eigenvalue weighted by Gasteiger charge is -2.24. The van der Waals surface area contributed by atoms with Crippen LogP contribution >= 0.6 is 0 Å². The number of carbonyl (C=O) groups excluding carboxylic acids is 1. The lowest BCUT2D eigenvalue weighted by molar-refractivity contribution is 0.0505. The summed E-state index contributed by atoms with van der Waals surface area (Å²) >= 11 is 0. The maximum absolute atomic E-state index is 11.9. The summed E-state index contributed by atoms with van der Waals surface area (Å²) in [5.41, 5.74) is 7.38. The van der Waals surface area contributed by atoms with Gasteiger partial charge in [-0.25, -0.2) is 4.79 Å². The predicted octanol–water partition coefficient (Wildman–Crippen LogP) is 2.21. The minimum Gasteiger partial charge on any atom is -0.444 e. The number of rotatable bonds is 7. The van der Waals surface area contributed by atoms with Gasteiger partial charge in [-0.15, -0.1) is 0 Å². The molecule has 1 aromatic carbocycles. The van der Waals surface area contributed by atoms with Gasteiger partial charge < -0.3 is 25.6 Å². The maximum atomic E-state index is 11.9. The fourth-order valence-electron chi connectivity index (χ4n) is 2.17. The molecule has 0 radical (unpaired) electrons. The van der Waals surface area contributed by atoms with E-state index in [0.717, 1.165) is 24.3 Å². The molecule has 1 unspecified atom stereocenters. The molecule has 1 atom stereocenters. The normalized spacial score (nSPS) is 12.8. The van der Waals surface area contributed by atoms with E-state index in [0.29, 0.717) is 6.54 Å². The van der Waals surface area contributed by atoms with Gasteiger partial charge in [0.2, 0.25) is 0 Å². The molecular weight excluding hydrogens is 304 g/mol. The van der Waals surface area contributed by atoms with Gasteiger partial charge in [-0.2, -0.15) is 0 Å². The Labute approximate surface area is 145 Å². The number of hydrogen-bond acceptors (Lipinski definition) is 5. The predicted molar refractivity (Wildman–Crippen MR) is 99.4 cm³/mol. The zero-order valence-electron chi connectivity index (χ0n) is 15.8. The summed E-state index contributed by atoms with van der Waals surface area (Å²) in [5, 5.41) is 2.82. The Morgan fingerprint density at radius 2 is 1.75 bits per heavy atom. The average Bonchev–Trinajstić information content (AvgIpc) is 2.48. The summed E-state index contributed by atoms with van der Waals surface area (Å²) < 4.78 is 5.29. The van der Waals surface area contributed by atoms with E-state index in [4.69, 9.17) is 10.5 Å². The third-order valence-corrected chi connectivity index (χ3v) is 3.55. The number of carbonyl (C=O) groups is 1. The molecule has 0 spiro atoms. The van der Waals surface area contributed by atoms with Crippen molar-refractivity contribution in [2.24, 2.45) is 5.73 Å². The van der Waals surface area contributed by atoms with E-state index in [1.807, 2.05) is 45.0 Å². The molecule has 0 bridgehead atoms. The highest BCUT2D eigenvalue weighted by atomic mass is 16.6. The Kier molecular flexibility index (Phi) is 7.51. The highest BCUT2D eigenvalue weighted by molar-refractivity contribution is 5.68. The Bertz CT molecular complexity index is 509. The van der Waals surface area contributed by atoms with Gasteiger partial charge in [0, 0.05) is 32.4 Å². The van der Waals surface area contributed by atoms with Crippen LogP contribution in [0.2, 0.25) is 0 Å². The number of hydrogen-bond donors (Lipinski definition) is 2. The Morgan fingerprint density at radius 3 is 2.21 bits per heavy atom. The summed E-state index contributed by atoms with van der Waals surface area (Å²) in [4.78, 5) is 16.3. The Morgan fingerprint density at radius 1 is 1.17 bits per heavy atom. The summed E-state index contributed by atoms with van der Waals surface area (Å²) in [7, 11) is 6.19. The zero-order chi connectivity index (χ0) is 18.3. The second-order valence-corrected chi connectivity index (χ2v) is 7.25. The number of nitrogens with two attached hydrogens (primary N) is 1. The quantitative estimate of drug-likeness (QED) is 0.799. The van der Waals surface area contributed by atoms with Gasteiger partial charge in [0.05, 0.1) is 6.04 Å². The number of alkyl carbamates (subject to hydrolysis) is 1. The van der Waals surface area contributed by atoms with Crippen molar-refractivity contribution in [3.63, 3.8) is 0 Å². The number of nitrogens with one attached hydrogen (secondary N) is 1. The summed E-state index contributed by atoms with van der Waals surface area (Å²) in [6, 6.07) is 7.82. The van der Waals surface area contributed by atoms with E-state index in [9.17, 15) is 4.79 Å². The minimum atomic E-state index is -0.526. The van der Waals surface area contributed by atoms with Gasteiger partial charge in [-0.05, 0) is 52.6 Å². The van der Waals surface area contributed by atoms with Crippen molar-refractivity contribution in [1.82, 2.24) is 10.2 Å². The monoisotopic (exact) mass is 336 g/mol. The topological polar surface area (TPSA) is 70.8 Å². The first-order valence-corrected chi connectivity index (χ1v) is 8.28. The van der Waals surface area contributed by atoms with Crippen LogP contribution in [0.25, 0.3) is 0 Å². The van der Waals surface area contributed by atoms with E-state index >= 15 is 0 Å². The van der Waals surface area contributed by atoms with Gasteiger partial charge in [0.25, 0.3) is 0 Å². The van der Waals surface area contributed by atoms with E-state index in [2.05, 4.69) is 36.3 Å². The average molecular weight is 336 g/mol. The van der Waals surface area contributed by atoms with Crippen LogP contribution in [0.1, 0.15) is 32.4 Å². The van der Waals surface area contributed by atoms with Crippen molar-refractivity contribution in [2.75, 3.05) is 45.7 Å². The molecule has 0 fully saturated rings. The van der Waals surface area contributed by atoms with Gasteiger partial charge in [0.1, 0.15) is 5.60 Å². The van der Waals surface area contributed by atoms with Crippen LogP contribution in [-0.2, 0) is 4.74 Å². The van der Waals surface area contributed by atoms with Gasteiger partial charge >= 0.3 is 6.09 Å². The molecule has 24 heavy (non-hydrogen) atoms. The third-order valence-electron chi connectivity index (χ3n) is 3.55. The van der Waals surface area contributed by atoms with Gasteiger partial charge in [-0.3, -0.25) is 0 Å². The molecule has 1 amide bonds. The number of amides is 1. The molecule has 0 saturated carbocycles. The molecule has 136 valence electrons. The Hall–Kier alpha value is -1.79.